The van der Waals surface area contributed by atoms with Gasteiger partial charge in [-0.25, -0.2) is 0 Å². The van der Waals surface area contributed by atoms with E-state index in [1.165, 1.54) is 19.3 Å². The minimum Gasteiger partial charge on any atom is -0.494 e. The summed E-state index contributed by atoms with van der Waals surface area (Å²) in [4.78, 5) is 0. The van der Waals surface area contributed by atoms with Crippen LogP contribution >= 0.6 is 0 Å². The van der Waals surface area contributed by atoms with Crippen LogP contribution in [0.25, 0.3) is 0 Å². The number of unbranched alkanes of at least 4 members (excludes halogenated alkanes) is 1. The SMILES string of the molecule is C=C(CC#CCCC)OC1CC(CC)C1. The molecular formula is C14H22O. The Labute approximate surface area is 93.9 Å². The lowest BCUT2D eigenvalue weighted by atomic mass is 9.80. The molecule has 1 saturated carbocycles. The van der Waals surface area contributed by atoms with Crippen molar-refractivity contribution in [3.05, 3.63) is 12.3 Å². The average Bonchev–Trinajstić information content (AvgIpc) is 2.17. The molecule has 0 atom stereocenters. The Kier molecular flexibility index (Phi) is 5.32. The standard InChI is InChI=1S/C14H22O/c1-4-6-7-8-9-12(3)15-14-10-13(5-2)11-14/h13-14H,3-6,9-11H2,1-2H3. The summed E-state index contributed by atoms with van der Waals surface area (Å²) >= 11 is 0. The Bertz CT molecular complexity index is 250. The molecule has 1 fully saturated rings. The van der Waals surface area contributed by atoms with Crippen LogP contribution in [0.4, 0.5) is 0 Å². The summed E-state index contributed by atoms with van der Waals surface area (Å²) in [5.74, 6) is 7.92. The van der Waals surface area contributed by atoms with Crippen molar-refractivity contribution in [1.29, 1.82) is 0 Å². The van der Waals surface area contributed by atoms with Crippen molar-refractivity contribution in [1.82, 2.24) is 0 Å². The van der Waals surface area contributed by atoms with E-state index in [0.29, 0.717) is 12.5 Å². The fourth-order valence-corrected chi connectivity index (χ4v) is 1.76. The Morgan fingerprint density at radius 3 is 2.67 bits per heavy atom. The first-order chi connectivity index (χ1) is 7.26. The van der Waals surface area contributed by atoms with E-state index in [0.717, 1.165) is 24.5 Å². The minimum absolute atomic E-state index is 0.426. The summed E-state index contributed by atoms with van der Waals surface area (Å²) in [5.41, 5.74) is 0. The van der Waals surface area contributed by atoms with Gasteiger partial charge in [-0.2, -0.15) is 0 Å². The first-order valence-electron chi connectivity index (χ1n) is 6.06. The van der Waals surface area contributed by atoms with Crippen molar-refractivity contribution in [3.63, 3.8) is 0 Å². The maximum atomic E-state index is 5.70. The van der Waals surface area contributed by atoms with Crippen molar-refractivity contribution in [2.24, 2.45) is 5.92 Å². The van der Waals surface area contributed by atoms with Crippen LogP contribution in [0.2, 0.25) is 0 Å². The van der Waals surface area contributed by atoms with Gasteiger partial charge in [-0.1, -0.05) is 32.8 Å². The van der Waals surface area contributed by atoms with Gasteiger partial charge in [0, 0.05) is 6.42 Å². The number of ether oxygens (including phenoxy) is 1. The van der Waals surface area contributed by atoms with E-state index in [2.05, 4.69) is 32.3 Å². The molecular weight excluding hydrogens is 184 g/mol. The molecule has 1 nitrogen and oxygen atoms in total. The molecule has 0 aromatic rings. The smallest absolute Gasteiger partial charge is 0.101 e. The Hall–Kier alpha value is -0.900. The monoisotopic (exact) mass is 206 g/mol. The van der Waals surface area contributed by atoms with E-state index in [1.807, 2.05) is 0 Å². The molecule has 0 amide bonds. The van der Waals surface area contributed by atoms with E-state index >= 15 is 0 Å². The zero-order valence-electron chi connectivity index (χ0n) is 10.0. The van der Waals surface area contributed by atoms with Crippen molar-refractivity contribution in [3.8, 4) is 11.8 Å². The fraction of sp³-hybridized carbons (Fsp3) is 0.714. The van der Waals surface area contributed by atoms with Gasteiger partial charge in [0.05, 0.1) is 12.5 Å². The number of rotatable bonds is 5. The van der Waals surface area contributed by atoms with Crippen molar-refractivity contribution in [2.45, 2.75) is 58.5 Å². The Morgan fingerprint density at radius 1 is 1.33 bits per heavy atom. The number of allylic oxidation sites excluding steroid dienone is 1. The van der Waals surface area contributed by atoms with Crippen LogP contribution in [-0.2, 0) is 4.74 Å². The molecule has 0 heterocycles. The highest BCUT2D eigenvalue weighted by molar-refractivity contribution is 5.07. The zero-order chi connectivity index (χ0) is 11.1. The van der Waals surface area contributed by atoms with Gasteiger partial charge in [-0.3, -0.25) is 0 Å². The van der Waals surface area contributed by atoms with Crippen molar-refractivity contribution >= 4 is 0 Å². The number of hydrogen-bond donors (Lipinski definition) is 0. The lowest BCUT2D eigenvalue weighted by Crippen LogP contribution is -2.30. The molecule has 0 unspecified atom stereocenters. The highest BCUT2D eigenvalue weighted by Crippen LogP contribution is 2.33. The molecule has 1 heteroatoms. The molecule has 1 rings (SSSR count). The molecule has 84 valence electrons. The summed E-state index contributed by atoms with van der Waals surface area (Å²) in [6, 6.07) is 0. The molecule has 0 aromatic carbocycles. The molecule has 0 aliphatic heterocycles. The van der Waals surface area contributed by atoms with Gasteiger partial charge in [-0.05, 0) is 25.2 Å². The summed E-state index contributed by atoms with van der Waals surface area (Å²) in [6.07, 6.45) is 6.93. The van der Waals surface area contributed by atoms with Gasteiger partial charge in [0.15, 0.2) is 0 Å². The molecule has 15 heavy (non-hydrogen) atoms. The molecule has 0 saturated heterocycles. The quantitative estimate of drug-likeness (QED) is 0.489. The molecule has 1 aliphatic carbocycles. The largest absolute Gasteiger partial charge is 0.494 e. The molecule has 0 spiro atoms. The van der Waals surface area contributed by atoms with E-state index in [-0.39, 0.29) is 0 Å². The molecule has 0 bridgehead atoms. The first-order valence-corrected chi connectivity index (χ1v) is 6.06. The molecule has 0 aromatic heterocycles. The topological polar surface area (TPSA) is 9.23 Å². The van der Waals surface area contributed by atoms with E-state index in [9.17, 15) is 0 Å². The second-order valence-electron chi connectivity index (χ2n) is 4.30. The summed E-state index contributed by atoms with van der Waals surface area (Å²) in [5, 5.41) is 0. The van der Waals surface area contributed by atoms with Gasteiger partial charge in [0.2, 0.25) is 0 Å². The van der Waals surface area contributed by atoms with Crippen molar-refractivity contribution in [2.75, 3.05) is 0 Å². The van der Waals surface area contributed by atoms with Crippen LogP contribution in [0.1, 0.15) is 52.4 Å². The highest BCUT2D eigenvalue weighted by Gasteiger charge is 2.29. The second-order valence-corrected chi connectivity index (χ2v) is 4.30. The Balaban J connectivity index is 2.08. The fourth-order valence-electron chi connectivity index (χ4n) is 1.76. The third-order valence-electron chi connectivity index (χ3n) is 2.89. The second kappa shape index (κ2) is 6.56. The van der Waals surface area contributed by atoms with Gasteiger partial charge in [-0.15, -0.1) is 5.92 Å². The number of hydrogen-bond acceptors (Lipinski definition) is 1. The third-order valence-corrected chi connectivity index (χ3v) is 2.89. The third kappa shape index (κ3) is 4.42. The van der Waals surface area contributed by atoms with Crippen LogP contribution in [-0.4, -0.2) is 6.10 Å². The van der Waals surface area contributed by atoms with Crippen LogP contribution < -0.4 is 0 Å². The van der Waals surface area contributed by atoms with Gasteiger partial charge < -0.3 is 4.74 Å². The normalized spacial score (nSPS) is 23.6. The zero-order valence-corrected chi connectivity index (χ0v) is 10.0. The van der Waals surface area contributed by atoms with E-state index in [1.54, 1.807) is 0 Å². The Morgan fingerprint density at radius 2 is 2.07 bits per heavy atom. The van der Waals surface area contributed by atoms with E-state index < -0.39 is 0 Å². The predicted octanol–water partition coefficient (Wildman–Crippen LogP) is 3.90. The van der Waals surface area contributed by atoms with E-state index in [4.69, 9.17) is 4.74 Å². The maximum absolute atomic E-state index is 5.70. The lowest BCUT2D eigenvalue weighted by molar-refractivity contribution is 0.00880. The molecule has 0 radical (unpaired) electrons. The first kappa shape index (κ1) is 12.2. The summed E-state index contributed by atoms with van der Waals surface area (Å²) in [7, 11) is 0. The lowest BCUT2D eigenvalue weighted by Gasteiger charge is -2.35. The summed E-state index contributed by atoms with van der Waals surface area (Å²) in [6.45, 7) is 8.28. The maximum Gasteiger partial charge on any atom is 0.101 e. The highest BCUT2D eigenvalue weighted by atomic mass is 16.5. The van der Waals surface area contributed by atoms with Crippen LogP contribution in [0.15, 0.2) is 12.3 Å². The molecule has 0 N–H and O–H groups in total. The average molecular weight is 206 g/mol. The molecule has 1 aliphatic rings. The van der Waals surface area contributed by atoms with Crippen molar-refractivity contribution < 1.29 is 4.74 Å². The van der Waals surface area contributed by atoms with Gasteiger partial charge in [0.25, 0.3) is 0 Å². The summed E-state index contributed by atoms with van der Waals surface area (Å²) < 4.78 is 5.70. The van der Waals surface area contributed by atoms with Crippen LogP contribution in [0, 0.1) is 17.8 Å². The van der Waals surface area contributed by atoms with Crippen LogP contribution in [0.5, 0.6) is 0 Å². The predicted molar refractivity (Wildman–Crippen MR) is 64.3 cm³/mol. The van der Waals surface area contributed by atoms with Crippen LogP contribution in [0.3, 0.4) is 0 Å². The van der Waals surface area contributed by atoms with Gasteiger partial charge in [0.1, 0.15) is 5.76 Å². The minimum atomic E-state index is 0.426. The van der Waals surface area contributed by atoms with Gasteiger partial charge >= 0.3 is 0 Å².